The van der Waals surface area contributed by atoms with Gasteiger partial charge in [-0.15, -0.1) is 0 Å². The number of aliphatic carboxylic acids is 1. The molecule has 1 aliphatic carbocycles. The summed E-state index contributed by atoms with van der Waals surface area (Å²) in [7, 11) is 0. The maximum Gasteiger partial charge on any atom is 0.329 e. The van der Waals surface area contributed by atoms with Crippen LogP contribution < -0.4 is 5.32 Å². The van der Waals surface area contributed by atoms with Gasteiger partial charge in [0.1, 0.15) is 5.54 Å². The molecule has 106 valence electrons. The highest BCUT2D eigenvalue weighted by molar-refractivity contribution is 5.98. The van der Waals surface area contributed by atoms with Crippen molar-refractivity contribution in [2.75, 3.05) is 0 Å². The minimum Gasteiger partial charge on any atom is -0.480 e. The first-order valence-electron chi connectivity index (χ1n) is 6.16. The van der Waals surface area contributed by atoms with Crippen LogP contribution in [0.2, 0.25) is 0 Å². The van der Waals surface area contributed by atoms with E-state index in [1.165, 1.54) is 12.1 Å². The molecule has 0 unspecified atom stereocenters. The van der Waals surface area contributed by atoms with Crippen molar-refractivity contribution in [1.82, 2.24) is 5.32 Å². The second-order valence-corrected chi connectivity index (χ2v) is 5.01. The maximum atomic E-state index is 12.1. The Hall–Kier alpha value is -2.44. The molecular weight excluding hydrogens is 264 g/mol. The van der Waals surface area contributed by atoms with Gasteiger partial charge in [0.2, 0.25) is 0 Å². The third-order valence-corrected chi connectivity index (χ3v) is 3.50. The van der Waals surface area contributed by atoms with E-state index >= 15 is 0 Å². The predicted molar refractivity (Wildman–Crippen MR) is 69.5 cm³/mol. The molecule has 1 aliphatic rings. The number of carbonyl (C=O) groups excluding carboxylic acids is 1. The molecule has 0 bridgehead atoms. The number of rotatable bonds is 4. The Kier molecular flexibility index (Phi) is 3.44. The Bertz CT molecular complexity index is 592. The zero-order chi connectivity index (χ0) is 14.9. The molecule has 0 spiro atoms. The summed E-state index contributed by atoms with van der Waals surface area (Å²) < 4.78 is 0. The lowest BCUT2D eigenvalue weighted by atomic mass is 9.76. The highest BCUT2D eigenvalue weighted by Gasteiger charge is 2.45. The number of hydrogen-bond acceptors (Lipinski definition) is 4. The number of nitro benzene ring substituents is 1. The van der Waals surface area contributed by atoms with Crippen molar-refractivity contribution in [2.45, 2.75) is 31.7 Å². The number of nitrogens with zero attached hydrogens (tertiary/aromatic N) is 1. The summed E-state index contributed by atoms with van der Waals surface area (Å²) in [5.74, 6) is -1.67. The molecule has 0 saturated heterocycles. The van der Waals surface area contributed by atoms with Gasteiger partial charge >= 0.3 is 5.97 Å². The third-order valence-electron chi connectivity index (χ3n) is 3.50. The van der Waals surface area contributed by atoms with Crippen molar-refractivity contribution in [1.29, 1.82) is 0 Å². The van der Waals surface area contributed by atoms with Crippen LogP contribution in [0.25, 0.3) is 0 Å². The first kappa shape index (κ1) is 14.0. The van der Waals surface area contributed by atoms with Crippen LogP contribution in [0.3, 0.4) is 0 Å². The number of benzene rings is 1. The average molecular weight is 278 g/mol. The van der Waals surface area contributed by atoms with E-state index in [1.54, 1.807) is 6.92 Å². The largest absolute Gasteiger partial charge is 0.480 e. The third kappa shape index (κ3) is 2.47. The second kappa shape index (κ2) is 4.92. The summed E-state index contributed by atoms with van der Waals surface area (Å²) in [5.41, 5.74) is -0.741. The number of aryl methyl sites for hydroxylation is 1. The summed E-state index contributed by atoms with van der Waals surface area (Å²) in [6, 6.07) is 4.00. The Labute approximate surface area is 114 Å². The Morgan fingerprint density at radius 2 is 2.00 bits per heavy atom. The van der Waals surface area contributed by atoms with E-state index in [9.17, 15) is 19.7 Å². The van der Waals surface area contributed by atoms with Crippen LogP contribution in [0, 0.1) is 17.0 Å². The van der Waals surface area contributed by atoms with Crippen LogP contribution in [0.1, 0.15) is 35.2 Å². The van der Waals surface area contributed by atoms with Crippen LogP contribution >= 0.6 is 0 Å². The van der Waals surface area contributed by atoms with E-state index < -0.39 is 22.3 Å². The summed E-state index contributed by atoms with van der Waals surface area (Å²) in [6.45, 7) is 1.64. The molecule has 1 aromatic rings. The van der Waals surface area contributed by atoms with Crippen molar-refractivity contribution in [3.8, 4) is 0 Å². The number of amides is 1. The number of non-ortho nitro benzene ring substituents is 1. The van der Waals surface area contributed by atoms with Gasteiger partial charge in [0.15, 0.2) is 0 Å². The molecule has 1 saturated carbocycles. The molecular formula is C13H14N2O5. The number of carbonyl (C=O) groups is 2. The topological polar surface area (TPSA) is 110 Å². The van der Waals surface area contributed by atoms with E-state index in [1.807, 2.05) is 0 Å². The Balaban J connectivity index is 2.25. The molecule has 0 atom stereocenters. The highest BCUT2D eigenvalue weighted by Crippen LogP contribution is 2.32. The molecule has 2 rings (SSSR count). The van der Waals surface area contributed by atoms with Gasteiger partial charge in [-0.3, -0.25) is 14.9 Å². The molecule has 7 heteroatoms. The standard InChI is InChI=1S/C13H14N2O5/c1-8-5-9(7-10(6-8)15(19)20)11(16)14-13(12(17)18)3-2-4-13/h5-7H,2-4H2,1H3,(H,14,16)(H,17,18). The molecule has 0 heterocycles. The van der Waals surface area contributed by atoms with Gasteiger partial charge in [0.25, 0.3) is 11.6 Å². The van der Waals surface area contributed by atoms with Crippen LogP contribution in [0.4, 0.5) is 5.69 Å². The minimum atomic E-state index is -1.23. The van der Waals surface area contributed by atoms with Crippen molar-refractivity contribution in [2.24, 2.45) is 0 Å². The van der Waals surface area contributed by atoms with Crippen LogP contribution in [-0.4, -0.2) is 27.4 Å². The van der Waals surface area contributed by atoms with E-state index in [-0.39, 0.29) is 11.3 Å². The molecule has 2 N–H and O–H groups in total. The van der Waals surface area contributed by atoms with Crippen LogP contribution in [0.5, 0.6) is 0 Å². The lowest BCUT2D eigenvalue weighted by Crippen LogP contribution is -2.59. The molecule has 0 aliphatic heterocycles. The molecule has 1 fully saturated rings. The molecule has 20 heavy (non-hydrogen) atoms. The quantitative estimate of drug-likeness (QED) is 0.642. The van der Waals surface area contributed by atoms with Crippen molar-refractivity contribution in [3.05, 3.63) is 39.4 Å². The van der Waals surface area contributed by atoms with Crippen molar-refractivity contribution in [3.63, 3.8) is 0 Å². The van der Waals surface area contributed by atoms with Crippen molar-refractivity contribution < 1.29 is 19.6 Å². The fraction of sp³-hybridized carbons (Fsp3) is 0.385. The first-order valence-corrected chi connectivity index (χ1v) is 6.16. The Morgan fingerprint density at radius 3 is 2.45 bits per heavy atom. The van der Waals surface area contributed by atoms with Gasteiger partial charge in [-0.25, -0.2) is 4.79 Å². The number of nitrogens with one attached hydrogen (secondary N) is 1. The molecule has 1 aromatic carbocycles. The van der Waals surface area contributed by atoms with Crippen LogP contribution in [0.15, 0.2) is 18.2 Å². The fourth-order valence-electron chi connectivity index (χ4n) is 2.21. The van der Waals surface area contributed by atoms with E-state index in [4.69, 9.17) is 5.11 Å². The van der Waals surface area contributed by atoms with Gasteiger partial charge in [-0.1, -0.05) is 0 Å². The summed E-state index contributed by atoms with van der Waals surface area (Å²) in [5, 5.41) is 22.4. The smallest absolute Gasteiger partial charge is 0.329 e. The van der Waals surface area contributed by atoms with Crippen LogP contribution in [-0.2, 0) is 4.79 Å². The van der Waals surface area contributed by atoms with E-state index in [2.05, 4.69) is 5.32 Å². The minimum absolute atomic E-state index is 0.101. The summed E-state index contributed by atoms with van der Waals surface area (Å²) in [6.07, 6.45) is 1.49. The number of carboxylic acids is 1. The lowest BCUT2D eigenvalue weighted by Gasteiger charge is -2.38. The summed E-state index contributed by atoms with van der Waals surface area (Å²) >= 11 is 0. The highest BCUT2D eigenvalue weighted by atomic mass is 16.6. The molecule has 0 aromatic heterocycles. The maximum absolute atomic E-state index is 12.1. The monoisotopic (exact) mass is 278 g/mol. The zero-order valence-corrected chi connectivity index (χ0v) is 10.9. The van der Waals surface area contributed by atoms with E-state index in [0.717, 1.165) is 12.5 Å². The van der Waals surface area contributed by atoms with Gasteiger partial charge in [0, 0.05) is 17.7 Å². The van der Waals surface area contributed by atoms with Gasteiger partial charge in [-0.2, -0.15) is 0 Å². The predicted octanol–water partition coefficient (Wildman–Crippen LogP) is 1.64. The first-order chi connectivity index (χ1) is 9.34. The van der Waals surface area contributed by atoms with Crippen molar-refractivity contribution >= 4 is 17.6 Å². The molecule has 7 nitrogen and oxygen atoms in total. The molecule has 0 radical (unpaired) electrons. The SMILES string of the molecule is Cc1cc(C(=O)NC2(C(=O)O)CCC2)cc([N+](=O)[O-])c1. The van der Waals surface area contributed by atoms with Gasteiger partial charge in [0.05, 0.1) is 4.92 Å². The number of hydrogen-bond donors (Lipinski definition) is 2. The normalized spacial score (nSPS) is 16.1. The zero-order valence-electron chi connectivity index (χ0n) is 10.9. The second-order valence-electron chi connectivity index (χ2n) is 5.01. The summed E-state index contributed by atoms with van der Waals surface area (Å²) in [4.78, 5) is 33.5. The van der Waals surface area contributed by atoms with Gasteiger partial charge < -0.3 is 10.4 Å². The number of carboxylic acid groups (broad SMARTS) is 1. The van der Waals surface area contributed by atoms with Gasteiger partial charge in [-0.05, 0) is 37.8 Å². The lowest BCUT2D eigenvalue weighted by molar-refractivity contribution is -0.384. The molecule has 1 amide bonds. The van der Waals surface area contributed by atoms with E-state index in [0.29, 0.717) is 18.4 Å². The Morgan fingerprint density at radius 1 is 1.35 bits per heavy atom. The fourth-order valence-corrected chi connectivity index (χ4v) is 2.21. The number of nitro groups is 1. The average Bonchev–Trinajstić information content (AvgIpc) is 2.32.